The number of nitrogens with zero attached hydrogens (tertiary/aromatic N) is 4. The lowest BCUT2D eigenvalue weighted by molar-refractivity contribution is -0.192. The van der Waals surface area contributed by atoms with Crippen molar-refractivity contribution in [2.24, 2.45) is 7.05 Å². The average Bonchev–Trinajstić information content (AvgIpc) is 3.26. The third-order valence-corrected chi connectivity index (χ3v) is 4.88. The minimum Gasteiger partial charge on any atom is -0.475 e. The quantitative estimate of drug-likeness (QED) is 0.799. The van der Waals surface area contributed by atoms with Crippen LogP contribution < -0.4 is 4.74 Å². The Morgan fingerprint density at radius 2 is 2.17 bits per heavy atom. The Labute approximate surface area is 171 Å². The summed E-state index contributed by atoms with van der Waals surface area (Å²) in [5.74, 6) is -2.08. The molecule has 0 aromatic carbocycles. The summed E-state index contributed by atoms with van der Waals surface area (Å²) in [4.78, 5) is 15.6. The zero-order chi connectivity index (χ0) is 21.7. The van der Waals surface area contributed by atoms with Crippen molar-refractivity contribution in [2.45, 2.75) is 43.8 Å². The Kier molecular flexibility index (Phi) is 6.93. The van der Waals surface area contributed by atoms with Gasteiger partial charge < -0.3 is 14.6 Å². The summed E-state index contributed by atoms with van der Waals surface area (Å²) in [6.07, 6.45) is 3.12. The van der Waals surface area contributed by atoms with Gasteiger partial charge in [0.15, 0.2) is 0 Å². The molecule has 2 aliphatic rings. The Morgan fingerprint density at radius 3 is 2.77 bits per heavy atom. The number of alkyl halides is 3. The molecule has 2 aromatic rings. The Hall–Kier alpha value is -2.66. The van der Waals surface area contributed by atoms with E-state index in [9.17, 15) is 13.2 Å². The molecule has 4 rings (SSSR count). The second-order valence-electron chi connectivity index (χ2n) is 7.12. The number of pyridine rings is 1. The van der Waals surface area contributed by atoms with Crippen LogP contribution in [0.3, 0.4) is 0 Å². The van der Waals surface area contributed by atoms with Gasteiger partial charge in [-0.25, -0.2) is 9.78 Å². The van der Waals surface area contributed by atoms with Gasteiger partial charge in [0, 0.05) is 56.8 Å². The monoisotopic (exact) mass is 428 g/mol. The van der Waals surface area contributed by atoms with Crippen LogP contribution in [0.1, 0.15) is 18.4 Å². The lowest BCUT2D eigenvalue weighted by Gasteiger charge is -2.32. The SMILES string of the molecule is Cn1cc(CN2C[C@@H](Oc3ccccn3)[C@H]3OCCC[C@H]32)cn1.O=C(O)C(F)(F)F. The maximum Gasteiger partial charge on any atom is 0.490 e. The van der Waals surface area contributed by atoms with Crippen LogP contribution in [0.2, 0.25) is 0 Å². The number of carboxylic acids is 1. The number of carbonyl (C=O) groups is 1. The van der Waals surface area contributed by atoms with Gasteiger partial charge in [-0.3, -0.25) is 9.58 Å². The van der Waals surface area contributed by atoms with Crippen molar-refractivity contribution in [3.8, 4) is 5.88 Å². The normalized spacial score (nSPS) is 23.9. The van der Waals surface area contributed by atoms with Crippen LogP contribution in [0.15, 0.2) is 36.8 Å². The number of fused-ring (bicyclic) bond motifs is 1. The Balaban J connectivity index is 0.000000318. The fraction of sp³-hybridized carbons (Fsp3) is 0.526. The molecule has 0 spiro atoms. The summed E-state index contributed by atoms with van der Waals surface area (Å²) in [6, 6.07) is 6.17. The molecule has 1 N–H and O–H groups in total. The second-order valence-corrected chi connectivity index (χ2v) is 7.12. The standard InChI is InChI=1S/C17H22N4O2.C2HF3O2/c1-20-10-13(9-19-20)11-21-12-15(17-14(21)5-4-8-22-17)23-16-6-2-3-7-18-16;3-2(4,5)1(6)7/h2-3,6-7,9-10,14-15,17H,4-5,8,11-12H2,1H3;(H,6,7)/t14-,15-,17+;/m1./s1. The zero-order valence-corrected chi connectivity index (χ0v) is 16.3. The van der Waals surface area contributed by atoms with E-state index in [0.717, 1.165) is 32.5 Å². The molecule has 2 fully saturated rings. The molecule has 2 saturated heterocycles. The third-order valence-electron chi connectivity index (χ3n) is 4.88. The Bertz CT molecular complexity index is 831. The summed E-state index contributed by atoms with van der Waals surface area (Å²) < 4.78 is 45.7. The molecule has 8 nitrogen and oxygen atoms in total. The van der Waals surface area contributed by atoms with Gasteiger partial charge in [0.05, 0.1) is 6.20 Å². The molecular weight excluding hydrogens is 405 g/mol. The van der Waals surface area contributed by atoms with E-state index >= 15 is 0 Å². The minimum absolute atomic E-state index is 0.0341. The Morgan fingerprint density at radius 1 is 1.40 bits per heavy atom. The average molecular weight is 428 g/mol. The summed E-state index contributed by atoms with van der Waals surface area (Å²) in [7, 11) is 1.95. The number of hydrogen-bond acceptors (Lipinski definition) is 6. The van der Waals surface area contributed by atoms with Gasteiger partial charge in [-0.05, 0) is 18.9 Å². The lowest BCUT2D eigenvalue weighted by Crippen LogP contribution is -2.42. The highest BCUT2D eigenvalue weighted by Crippen LogP contribution is 2.32. The van der Waals surface area contributed by atoms with Gasteiger partial charge in [0.1, 0.15) is 12.2 Å². The van der Waals surface area contributed by atoms with Crippen molar-refractivity contribution in [1.29, 1.82) is 0 Å². The number of aromatic nitrogens is 3. The highest BCUT2D eigenvalue weighted by molar-refractivity contribution is 5.73. The van der Waals surface area contributed by atoms with E-state index in [1.165, 1.54) is 5.56 Å². The predicted molar refractivity (Wildman–Crippen MR) is 98.7 cm³/mol. The molecule has 0 radical (unpaired) electrons. The number of likely N-dealkylation sites (tertiary alicyclic amines) is 1. The fourth-order valence-corrected chi connectivity index (χ4v) is 3.65. The maximum atomic E-state index is 10.6. The highest BCUT2D eigenvalue weighted by Gasteiger charge is 2.45. The summed E-state index contributed by atoms with van der Waals surface area (Å²) in [5, 5.41) is 11.4. The van der Waals surface area contributed by atoms with Crippen molar-refractivity contribution in [3.63, 3.8) is 0 Å². The minimum atomic E-state index is -5.08. The first-order valence-corrected chi connectivity index (χ1v) is 9.45. The summed E-state index contributed by atoms with van der Waals surface area (Å²) >= 11 is 0. The lowest BCUT2D eigenvalue weighted by atomic mass is 10.0. The van der Waals surface area contributed by atoms with Crippen molar-refractivity contribution >= 4 is 5.97 Å². The van der Waals surface area contributed by atoms with Gasteiger partial charge in [-0.2, -0.15) is 18.3 Å². The molecule has 0 aliphatic carbocycles. The van der Waals surface area contributed by atoms with Crippen LogP contribution in [0.4, 0.5) is 13.2 Å². The van der Waals surface area contributed by atoms with Crippen molar-refractivity contribution in [2.75, 3.05) is 13.2 Å². The molecule has 4 heterocycles. The molecule has 0 saturated carbocycles. The molecular formula is C19H23F3N4O4. The molecule has 164 valence electrons. The molecule has 2 aliphatic heterocycles. The number of aliphatic carboxylic acids is 1. The summed E-state index contributed by atoms with van der Waals surface area (Å²) in [6.45, 7) is 2.57. The summed E-state index contributed by atoms with van der Waals surface area (Å²) in [5.41, 5.74) is 1.23. The highest BCUT2D eigenvalue weighted by atomic mass is 19.4. The topological polar surface area (TPSA) is 89.7 Å². The molecule has 2 aromatic heterocycles. The van der Waals surface area contributed by atoms with E-state index in [4.69, 9.17) is 19.4 Å². The van der Waals surface area contributed by atoms with Gasteiger partial charge in [0.2, 0.25) is 5.88 Å². The van der Waals surface area contributed by atoms with Crippen molar-refractivity contribution in [3.05, 3.63) is 42.4 Å². The first-order chi connectivity index (χ1) is 14.2. The number of rotatable bonds is 4. The van der Waals surface area contributed by atoms with E-state index in [2.05, 4.69) is 21.2 Å². The van der Waals surface area contributed by atoms with Crippen LogP contribution in [0, 0.1) is 0 Å². The maximum absolute atomic E-state index is 10.6. The fourth-order valence-electron chi connectivity index (χ4n) is 3.65. The van der Waals surface area contributed by atoms with Crippen molar-refractivity contribution < 1.29 is 32.5 Å². The second kappa shape index (κ2) is 9.43. The van der Waals surface area contributed by atoms with Gasteiger partial charge in [-0.1, -0.05) is 6.07 Å². The predicted octanol–water partition coefficient (Wildman–Crippen LogP) is 2.26. The van der Waals surface area contributed by atoms with Crippen LogP contribution >= 0.6 is 0 Å². The number of halogens is 3. The third kappa shape index (κ3) is 5.70. The molecule has 0 bridgehead atoms. The van der Waals surface area contributed by atoms with Gasteiger partial charge >= 0.3 is 12.1 Å². The van der Waals surface area contributed by atoms with Crippen molar-refractivity contribution in [1.82, 2.24) is 19.7 Å². The smallest absolute Gasteiger partial charge is 0.475 e. The molecule has 0 amide bonds. The van der Waals surface area contributed by atoms with Crippen LogP contribution in [-0.4, -0.2) is 68.3 Å². The van der Waals surface area contributed by atoms with E-state index in [0.29, 0.717) is 11.9 Å². The van der Waals surface area contributed by atoms with E-state index in [1.54, 1.807) is 6.20 Å². The number of hydrogen-bond donors (Lipinski definition) is 1. The van der Waals surface area contributed by atoms with Crippen LogP contribution in [-0.2, 0) is 23.1 Å². The van der Waals surface area contributed by atoms with E-state index < -0.39 is 12.1 Å². The van der Waals surface area contributed by atoms with Crippen LogP contribution in [0.5, 0.6) is 5.88 Å². The molecule has 11 heteroatoms. The first kappa shape index (κ1) is 22.0. The van der Waals surface area contributed by atoms with E-state index in [-0.39, 0.29) is 12.2 Å². The van der Waals surface area contributed by atoms with Crippen LogP contribution in [0.25, 0.3) is 0 Å². The largest absolute Gasteiger partial charge is 0.490 e. The zero-order valence-electron chi connectivity index (χ0n) is 16.3. The number of carboxylic acid groups (broad SMARTS) is 1. The van der Waals surface area contributed by atoms with Gasteiger partial charge in [-0.15, -0.1) is 0 Å². The van der Waals surface area contributed by atoms with E-state index in [1.807, 2.05) is 36.1 Å². The molecule has 3 atom stereocenters. The molecule has 0 unspecified atom stereocenters. The molecule has 30 heavy (non-hydrogen) atoms. The number of ether oxygens (including phenoxy) is 2. The number of aryl methyl sites for hydroxylation is 1. The van der Waals surface area contributed by atoms with Gasteiger partial charge in [0.25, 0.3) is 0 Å². The first-order valence-electron chi connectivity index (χ1n) is 9.45.